The third-order valence-electron chi connectivity index (χ3n) is 9.47. The van der Waals surface area contributed by atoms with Crippen LogP contribution in [0.25, 0.3) is 21.8 Å². The second kappa shape index (κ2) is 23.3. The van der Waals surface area contributed by atoms with Crippen molar-refractivity contribution in [3.63, 3.8) is 0 Å². The van der Waals surface area contributed by atoms with Crippen LogP contribution >= 0.6 is 23.7 Å². The second-order valence-electron chi connectivity index (χ2n) is 15.2. The zero-order valence-corrected chi connectivity index (χ0v) is 41.1. The number of hydrogen-bond acceptors (Lipinski definition) is 3. The molecule has 0 spiro atoms. The summed E-state index contributed by atoms with van der Waals surface area (Å²) in [5.41, 5.74) is 4.06. The summed E-state index contributed by atoms with van der Waals surface area (Å²) in [6.07, 6.45) is -3.93. The summed E-state index contributed by atoms with van der Waals surface area (Å²) >= 11 is 0. The zero-order chi connectivity index (χ0) is 57.5. The summed E-state index contributed by atoms with van der Waals surface area (Å²) < 4.78 is 346. The Labute approximate surface area is 420 Å². The van der Waals surface area contributed by atoms with Crippen molar-refractivity contribution in [3.05, 3.63) is 164 Å². The van der Waals surface area contributed by atoms with E-state index >= 15 is 0 Å². The van der Waals surface area contributed by atoms with E-state index in [9.17, 15) is 118 Å². The number of pyridine rings is 2. The topological polar surface area (TPSA) is 42.9 Å². The summed E-state index contributed by atoms with van der Waals surface area (Å²) in [6, 6.07) is 12.5. The Morgan fingerprint density at radius 1 is 0.355 bits per heavy atom. The summed E-state index contributed by atoms with van der Waals surface area (Å²) in [7, 11) is -20.5. The van der Waals surface area contributed by atoms with Gasteiger partial charge in [0.15, 0.2) is 21.2 Å². The number of fused-ring (bicyclic) bond motifs is 3. The Bertz CT molecular complexity index is 2970. The van der Waals surface area contributed by atoms with Crippen LogP contribution in [-0.2, 0) is 21.9 Å². The van der Waals surface area contributed by atoms with Crippen molar-refractivity contribution in [1.29, 1.82) is 0 Å². The first kappa shape index (κ1) is 64.9. The van der Waals surface area contributed by atoms with Crippen LogP contribution in [0.2, 0.25) is 0 Å². The molecule has 0 fully saturated rings. The molecule has 3 nitrogen and oxygen atoms in total. The maximum Gasteiger partial charge on any atom is 1.00 e. The Morgan fingerprint density at radius 3 is 0.671 bits per heavy atom. The van der Waals surface area contributed by atoms with E-state index in [-0.39, 0.29) is 22.9 Å². The second-order valence-corrected chi connectivity index (χ2v) is 22.0. The number of rotatable bonds is 7. The van der Waals surface area contributed by atoms with Crippen LogP contribution in [0.15, 0.2) is 36.4 Å². The molecule has 0 atom stereocenters. The maximum atomic E-state index is 14.9. The molecule has 0 aliphatic carbocycles. The van der Waals surface area contributed by atoms with Crippen molar-refractivity contribution in [1.82, 2.24) is 9.97 Å². The molecule has 2 aromatic heterocycles. The average Bonchev–Trinajstić information content (AvgIpc) is 3.31. The molecule has 7 rings (SSSR count). The molecule has 0 saturated carbocycles. The first-order valence-corrected chi connectivity index (χ1v) is 25.0. The van der Waals surface area contributed by atoms with Crippen molar-refractivity contribution in [2.24, 2.45) is 0 Å². The fourth-order valence-corrected chi connectivity index (χ4v) is 12.9. The minimum Gasteiger partial charge on any atom is -0.200 e. The minimum atomic E-state index is -10.7. The van der Waals surface area contributed by atoms with Gasteiger partial charge in [0.2, 0.25) is 116 Å². The molecule has 0 N–H and O–H groups in total. The van der Waals surface area contributed by atoms with Gasteiger partial charge in [0.25, 0.3) is 0 Å². The Hall–Kier alpha value is -5.42. The number of hydrogen-bond donors (Lipinski definition) is 0. The number of carbonyl (C=O) groups excluding carboxylic acids is 1. The first-order valence-electron chi connectivity index (χ1n) is 19.6. The molecule has 2 heterocycles. The summed E-state index contributed by atoms with van der Waals surface area (Å²) in [4.78, 5) is 18.6. The molecule has 0 unspecified atom stereocenters. The van der Waals surface area contributed by atoms with Gasteiger partial charge >= 0.3 is 50.1 Å². The van der Waals surface area contributed by atoms with Crippen LogP contribution in [0.1, 0.15) is 25.2 Å². The molecule has 0 radical (unpaired) electrons. The van der Waals surface area contributed by atoms with E-state index in [1.807, 2.05) is 26.0 Å². The quantitative estimate of drug-likeness (QED) is 0.0399. The number of halogens is 26. The third kappa shape index (κ3) is 14.6. The summed E-state index contributed by atoms with van der Waals surface area (Å²) in [5.74, 6) is -58.9. The molecule has 7 aromatic rings. The van der Waals surface area contributed by atoms with E-state index < -0.39 is 174 Å². The number of aryl methyl sites for hydroxylation is 2. The minimum absolute atomic E-state index is 0. The molecular weight excluding hydrogens is 1210 g/mol. The van der Waals surface area contributed by atoms with Gasteiger partial charge in [-0.3, -0.25) is 9.97 Å². The van der Waals surface area contributed by atoms with Crippen molar-refractivity contribution >= 4 is 72.5 Å². The van der Waals surface area contributed by atoms with Gasteiger partial charge in [-0.1, -0.05) is 24.3 Å². The van der Waals surface area contributed by atoms with Gasteiger partial charge in [0.05, 0.1) is 26.9 Å². The number of ketones is 1. The van der Waals surface area contributed by atoms with Gasteiger partial charge in [0, 0.05) is 22.2 Å². The van der Waals surface area contributed by atoms with Crippen molar-refractivity contribution in [3.8, 4) is 0 Å². The Kier molecular flexibility index (Phi) is 19.9. The molecule has 0 saturated heterocycles. The molecule has 0 aliphatic rings. The van der Waals surface area contributed by atoms with Crippen LogP contribution in [0.4, 0.5) is 113 Å². The van der Waals surface area contributed by atoms with Gasteiger partial charge < -0.3 is 4.79 Å². The number of nitrogens with zero attached hydrogens (tertiary/aromatic N) is 2. The van der Waals surface area contributed by atoms with Crippen LogP contribution in [0, 0.1) is 130 Å². The van der Waals surface area contributed by atoms with Crippen molar-refractivity contribution in [2.75, 3.05) is 12.3 Å². The van der Waals surface area contributed by atoms with Gasteiger partial charge in [-0.25, -0.2) is 52.7 Å². The van der Waals surface area contributed by atoms with Gasteiger partial charge in [-0.15, -0.1) is 0 Å². The van der Waals surface area contributed by atoms with E-state index in [1.54, 1.807) is 0 Å². The van der Waals surface area contributed by atoms with E-state index in [0.717, 1.165) is 33.2 Å². The molecule has 0 bridgehead atoms. The van der Waals surface area contributed by atoms with Crippen LogP contribution in [-0.4, -0.2) is 28.1 Å². The molecule has 418 valence electrons. The fourth-order valence-electron chi connectivity index (χ4n) is 6.44. The SMILES string of the molecule is CC(C)=O.Cc1ccc2ccc3ccc(C)nc3c2n1.F[P-](F)(F)(F)(F)F.Fc1c(F)c(F)c([PH+](CC[PH+](c2c(F)c(F)c(F)c(F)c2F)c2c(F)c(F)c(F)c(F)c2F)c2c(F)c(F)c(F)c(F)c2F)c(F)c1F.[Cu+]. The van der Waals surface area contributed by atoms with Crippen LogP contribution in [0.5, 0.6) is 0 Å². The number of benzene rings is 5. The summed E-state index contributed by atoms with van der Waals surface area (Å²) in [5, 5.41) is -7.16. The number of Topliss-reactive ketones (excluding diaryl/α,β-unsaturated/α-hetero) is 1. The Balaban J connectivity index is 0.000000439. The Morgan fingerprint density at radius 2 is 0.500 bits per heavy atom. The van der Waals surface area contributed by atoms with Gasteiger partial charge in [-0.2, -0.15) is 35.1 Å². The number of aromatic nitrogens is 2. The van der Waals surface area contributed by atoms with Crippen LogP contribution in [0.3, 0.4) is 0 Å². The van der Waals surface area contributed by atoms with Crippen molar-refractivity contribution < 1.29 is 135 Å². The standard InChI is InChI=1S/C26H4F20P2.C14H12N2.C3H6O.Cu.F6P/c27-3-7(31)15(39)23(16(40)8(3)32)47(24-17(41)9(33)4(28)10(34)18(24)42)1-2-48(25-19(43)11(35)5(29)12(36)20(25)44)26-21(45)13(37)6(30)14(38)22(26)46;1-9-3-5-11-7-8-12-6-4-10(2)16-14(12)13(11)15-9;1-3(2)4;;1-7(2,3,4,5)6/h1-2H2;3-8H,1-2H3;1-2H3;;/q;;;+1;-1/p+2. The zero-order valence-electron chi connectivity index (χ0n) is 37.3. The van der Waals surface area contributed by atoms with Crippen LogP contribution < -0.4 is 21.2 Å². The molecule has 33 heteroatoms. The van der Waals surface area contributed by atoms with Crippen molar-refractivity contribution in [2.45, 2.75) is 27.7 Å². The largest absolute Gasteiger partial charge is 1.00 e. The fraction of sp³-hybridized carbons (Fsp3) is 0.140. The van der Waals surface area contributed by atoms with Gasteiger partial charge in [-0.05, 0) is 39.8 Å². The number of carbonyl (C=O) groups is 1. The maximum absolute atomic E-state index is 14.9. The summed E-state index contributed by atoms with van der Waals surface area (Å²) in [6.45, 7) is 7.07. The molecule has 76 heavy (non-hydrogen) atoms. The predicted molar refractivity (Wildman–Crippen MR) is 226 cm³/mol. The van der Waals surface area contributed by atoms with E-state index in [4.69, 9.17) is 0 Å². The molecular formula is C43H24CuF26N2OP3+2. The van der Waals surface area contributed by atoms with E-state index in [2.05, 4.69) is 34.2 Å². The van der Waals surface area contributed by atoms with E-state index in [0.29, 0.717) is 0 Å². The average molecular weight is 1240 g/mol. The smallest absolute Gasteiger partial charge is 0.200 e. The first-order chi connectivity index (χ1) is 34.1. The predicted octanol–water partition coefficient (Wildman–Crippen LogP) is 14.9. The molecule has 5 aromatic carbocycles. The van der Waals surface area contributed by atoms with Gasteiger partial charge in [0.1, 0.15) is 18.1 Å². The molecule has 0 aliphatic heterocycles. The molecule has 0 amide bonds. The third-order valence-corrected chi connectivity index (χ3v) is 15.6. The monoisotopic (exact) mass is 1230 g/mol. The van der Waals surface area contributed by atoms with E-state index in [1.165, 1.54) is 13.8 Å². The normalized spacial score (nSPS) is 12.3.